The Labute approximate surface area is 132 Å². The smallest absolute Gasteiger partial charge is 0.225 e. The van der Waals surface area contributed by atoms with Gasteiger partial charge >= 0.3 is 0 Å². The molecule has 1 heterocycles. The Morgan fingerprint density at radius 2 is 2.23 bits per heavy atom. The molecule has 4 nitrogen and oxygen atoms in total. The van der Waals surface area contributed by atoms with Gasteiger partial charge in [0.05, 0.1) is 6.20 Å². The highest BCUT2D eigenvalue weighted by Gasteiger charge is 2.24. The van der Waals surface area contributed by atoms with Gasteiger partial charge in [0, 0.05) is 23.8 Å². The highest BCUT2D eigenvalue weighted by molar-refractivity contribution is 5.62. The molecule has 1 aromatic carbocycles. The van der Waals surface area contributed by atoms with Crippen molar-refractivity contribution in [2.24, 2.45) is 17.6 Å². The minimum atomic E-state index is 0.387. The minimum absolute atomic E-state index is 0.387. The molecule has 0 aliphatic heterocycles. The van der Waals surface area contributed by atoms with Crippen LogP contribution in [0, 0.1) is 18.8 Å². The Morgan fingerprint density at radius 1 is 1.36 bits per heavy atom. The summed E-state index contributed by atoms with van der Waals surface area (Å²) < 4.78 is 5.35. The van der Waals surface area contributed by atoms with Crippen LogP contribution in [0.15, 0.2) is 35.1 Å². The lowest BCUT2D eigenvalue weighted by molar-refractivity contribution is 0.257. The molecule has 3 atom stereocenters. The third-order valence-electron chi connectivity index (χ3n) is 4.83. The first kappa shape index (κ1) is 15.1. The van der Waals surface area contributed by atoms with E-state index in [1.165, 1.54) is 24.1 Å². The molecule has 4 heteroatoms. The van der Waals surface area contributed by atoms with Gasteiger partial charge in [-0.1, -0.05) is 6.92 Å². The number of rotatable bonds is 4. The molecule has 2 unspecified atom stereocenters. The minimum Gasteiger partial charge on any atom is -0.445 e. The number of oxazole rings is 1. The summed E-state index contributed by atoms with van der Waals surface area (Å²) in [5.74, 6) is 2.03. The number of anilines is 1. The van der Waals surface area contributed by atoms with Gasteiger partial charge in [-0.25, -0.2) is 4.98 Å². The summed E-state index contributed by atoms with van der Waals surface area (Å²) in [6, 6.07) is 6.68. The molecule has 0 radical (unpaired) electrons. The van der Waals surface area contributed by atoms with E-state index in [1.807, 2.05) is 0 Å². The summed E-state index contributed by atoms with van der Waals surface area (Å²) in [5.41, 5.74) is 9.53. The second-order valence-electron chi connectivity index (χ2n) is 6.57. The van der Waals surface area contributed by atoms with Gasteiger partial charge < -0.3 is 15.5 Å². The van der Waals surface area contributed by atoms with Gasteiger partial charge in [0.2, 0.25) is 5.89 Å². The summed E-state index contributed by atoms with van der Waals surface area (Å²) in [5, 5.41) is 3.60. The first-order valence-corrected chi connectivity index (χ1v) is 8.13. The van der Waals surface area contributed by atoms with Gasteiger partial charge in [-0.15, -0.1) is 0 Å². The van der Waals surface area contributed by atoms with Gasteiger partial charge in [0.15, 0.2) is 0 Å². The molecular weight excluding hydrogens is 274 g/mol. The van der Waals surface area contributed by atoms with Crippen molar-refractivity contribution in [1.29, 1.82) is 0 Å². The van der Waals surface area contributed by atoms with Crippen LogP contribution >= 0.6 is 0 Å². The van der Waals surface area contributed by atoms with Crippen molar-refractivity contribution in [2.75, 3.05) is 11.9 Å². The second-order valence-corrected chi connectivity index (χ2v) is 6.57. The number of hydrogen-bond acceptors (Lipinski definition) is 4. The maximum atomic E-state index is 6.10. The average molecular weight is 299 g/mol. The molecule has 1 saturated carbocycles. The fourth-order valence-electron chi connectivity index (χ4n) is 3.33. The molecule has 2 aromatic rings. The summed E-state index contributed by atoms with van der Waals surface area (Å²) in [4.78, 5) is 4.19. The van der Waals surface area contributed by atoms with Crippen LogP contribution in [-0.4, -0.2) is 17.6 Å². The van der Waals surface area contributed by atoms with Crippen LogP contribution in [0.5, 0.6) is 0 Å². The summed E-state index contributed by atoms with van der Waals surface area (Å²) in [7, 11) is 0. The maximum absolute atomic E-state index is 6.10. The van der Waals surface area contributed by atoms with Gasteiger partial charge in [-0.3, -0.25) is 0 Å². The zero-order chi connectivity index (χ0) is 15.5. The molecule has 0 amide bonds. The zero-order valence-corrected chi connectivity index (χ0v) is 13.4. The van der Waals surface area contributed by atoms with Gasteiger partial charge in [0.25, 0.3) is 0 Å². The number of benzene rings is 1. The van der Waals surface area contributed by atoms with Crippen LogP contribution < -0.4 is 11.1 Å². The number of nitrogens with zero attached hydrogens (tertiary/aromatic N) is 1. The molecule has 3 rings (SSSR count). The Morgan fingerprint density at radius 3 is 2.91 bits per heavy atom. The van der Waals surface area contributed by atoms with E-state index in [4.69, 9.17) is 10.2 Å². The van der Waals surface area contributed by atoms with E-state index in [0.717, 1.165) is 24.4 Å². The van der Waals surface area contributed by atoms with E-state index >= 15 is 0 Å². The van der Waals surface area contributed by atoms with Crippen molar-refractivity contribution in [3.8, 4) is 11.5 Å². The fourth-order valence-corrected chi connectivity index (χ4v) is 3.33. The Bertz CT molecular complexity index is 609. The molecule has 0 spiro atoms. The Kier molecular flexibility index (Phi) is 4.48. The number of hydrogen-bond donors (Lipinski definition) is 2. The first-order valence-electron chi connectivity index (χ1n) is 8.13. The lowest BCUT2D eigenvalue weighted by Crippen LogP contribution is -2.36. The number of aromatic nitrogens is 1. The van der Waals surface area contributed by atoms with Crippen LogP contribution in [0.4, 0.5) is 5.69 Å². The molecule has 22 heavy (non-hydrogen) atoms. The molecule has 1 aliphatic carbocycles. The van der Waals surface area contributed by atoms with Crippen molar-refractivity contribution in [1.82, 2.24) is 4.98 Å². The van der Waals surface area contributed by atoms with Gasteiger partial charge in [0.1, 0.15) is 6.26 Å². The van der Waals surface area contributed by atoms with Gasteiger partial charge in [-0.05, 0) is 61.8 Å². The van der Waals surface area contributed by atoms with Crippen LogP contribution in [0.3, 0.4) is 0 Å². The number of aryl methyl sites for hydroxylation is 1. The third-order valence-corrected chi connectivity index (χ3v) is 4.83. The zero-order valence-electron chi connectivity index (χ0n) is 13.4. The van der Waals surface area contributed by atoms with Crippen molar-refractivity contribution in [3.63, 3.8) is 0 Å². The molecule has 1 aliphatic rings. The quantitative estimate of drug-likeness (QED) is 0.900. The highest BCUT2D eigenvalue weighted by atomic mass is 16.3. The summed E-state index contributed by atoms with van der Waals surface area (Å²) in [6.45, 7) is 5.41. The normalized spacial score (nSPS) is 25.1. The molecule has 0 saturated heterocycles. The molecule has 3 N–H and O–H groups in total. The highest BCUT2D eigenvalue weighted by Crippen LogP contribution is 2.29. The second kappa shape index (κ2) is 6.53. The number of nitrogens with one attached hydrogen (secondary N) is 1. The van der Waals surface area contributed by atoms with E-state index in [2.05, 4.69) is 42.3 Å². The average Bonchev–Trinajstić information content (AvgIpc) is 3.04. The molecule has 118 valence electrons. The molecular formula is C18H25N3O. The standard InChI is InChI=1S/C18H25N3O/c1-12-9-14(3-5-16(12)19)11-21-17-6-4-15(10-13(17)2)18-20-7-8-22-18/h4,6-8,10,12,14,16,21H,3,5,9,11,19H2,1-2H3/t12?,14?,16-/m1/s1. The van der Waals surface area contributed by atoms with E-state index in [0.29, 0.717) is 17.9 Å². The molecule has 0 bridgehead atoms. The van der Waals surface area contributed by atoms with Crippen LogP contribution in [-0.2, 0) is 0 Å². The maximum Gasteiger partial charge on any atom is 0.225 e. The molecule has 1 fully saturated rings. The lowest BCUT2D eigenvalue weighted by atomic mass is 9.79. The first-order chi connectivity index (χ1) is 10.6. The van der Waals surface area contributed by atoms with Crippen LogP contribution in [0.25, 0.3) is 11.5 Å². The Hall–Kier alpha value is -1.81. The van der Waals surface area contributed by atoms with Crippen molar-refractivity contribution in [3.05, 3.63) is 36.2 Å². The fraction of sp³-hybridized carbons (Fsp3) is 0.500. The predicted molar refractivity (Wildman–Crippen MR) is 89.6 cm³/mol. The SMILES string of the molecule is Cc1cc(-c2ncco2)ccc1NCC1CC[C@@H](N)C(C)C1. The van der Waals surface area contributed by atoms with E-state index in [9.17, 15) is 0 Å². The van der Waals surface area contributed by atoms with Crippen molar-refractivity contribution < 1.29 is 4.42 Å². The van der Waals surface area contributed by atoms with E-state index in [-0.39, 0.29) is 0 Å². The van der Waals surface area contributed by atoms with Crippen LogP contribution in [0.1, 0.15) is 31.7 Å². The summed E-state index contributed by atoms with van der Waals surface area (Å²) in [6.07, 6.45) is 6.88. The lowest BCUT2D eigenvalue weighted by Gasteiger charge is -2.32. The predicted octanol–water partition coefficient (Wildman–Crippen LogP) is 3.83. The van der Waals surface area contributed by atoms with Crippen molar-refractivity contribution >= 4 is 5.69 Å². The topological polar surface area (TPSA) is 64.1 Å². The third kappa shape index (κ3) is 3.33. The van der Waals surface area contributed by atoms with Gasteiger partial charge in [-0.2, -0.15) is 0 Å². The number of nitrogens with two attached hydrogens (primary N) is 1. The summed E-state index contributed by atoms with van der Waals surface area (Å²) >= 11 is 0. The monoisotopic (exact) mass is 299 g/mol. The van der Waals surface area contributed by atoms with E-state index in [1.54, 1.807) is 12.5 Å². The van der Waals surface area contributed by atoms with Crippen molar-refractivity contribution in [2.45, 2.75) is 39.2 Å². The Balaban J connectivity index is 1.61. The van der Waals surface area contributed by atoms with Crippen LogP contribution in [0.2, 0.25) is 0 Å². The molecule has 1 aromatic heterocycles. The van der Waals surface area contributed by atoms with E-state index < -0.39 is 0 Å². The largest absolute Gasteiger partial charge is 0.445 e.